The van der Waals surface area contributed by atoms with Gasteiger partial charge in [0, 0.05) is 14.6 Å². The van der Waals surface area contributed by atoms with Crippen molar-refractivity contribution in [3.63, 3.8) is 0 Å². The van der Waals surface area contributed by atoms with E-state index in [1.807, 2.05) is 0 Å². The minimum absolute atomic E-state index is 0.223. The molecule has 1 heterocycles. The largest absolute Gasteiger partial charge is 0.144 e. The maximum Gasteiger partial charge on any atom is 0.0356 e. The summed E-state index contributed by atoms with van der Waals surface area (Å²) in [6.07, 6.45) is 0. The van der Waals surface area contributed by atoms with Crippen LogP contribution in [0, 0.1) is 0 Å². The summed E-state index contributed by atoms with van der Waals surface area (Å²) < 4.78 is 2.57. The lowest BCUT2D eigenvalue weighted by Crippen LogP contribution is -2.10. The summed E-state index contributed by atoms with van der Waals surface area (Å²) in [5.41, 5.74) is 1.61. The minimum atomic E-state index is 0.223. The van der Waals surface area contributed by atoms with Crippen molar-refractivity contribution in [3.05, 3.63) is 33.6 Å². The molecule has 0 saturated carbocycles. The summed E-state index contributed by atoms with van der Waals surface area (Å²) in [7, 11) is 0. The standard InChI is InChI=1S/C12H13BrS/c1-12(2,3)8-6-10(13)9-4-5-14-11(9)7-8/h4-7H,1-3H3. The predicted molar refractivity (Wildman–Crippen MR) is 68.2 cm³/mol. The number of hydrogen-bond acceptors (Lipinski definition) is 1. The second kappa shape index (κ2) is 3.35. The number of thiophene rings is 1. The molecule has 0 fully saturated rings. The first-order valence-electron chi connectivity index (χ1n) is 4.66. The first kappa shape index (κ1) is 10.2. The lowest BCUT2D eigenvalue weighted by molar-refractivity contribution is 0.591. The van der Waals surface area contributed by atoms with Crippen LogP contribution in [0.15, 0.2) is 28.1 Å². The van der Waals surface area contributed by atoms with Crippen molar-refractivity contribution in [2.45, 2.75) is 26.2 Å². The molecule has 1 aromatic carbocycles. The summed E-state index contributed by atoms with van der Waals surface area (Å²) in [5, 5.41) is 3.46. The smallest absolute Gasteiger partial charge is 0.0356 e. The Kier molecular flexibility index (Phi) is 2.44. The van der Waals surface area contributed by atoms with E-state index in [2.05, 4.69) is 60.3 Å². The summed E-state index contributed by atoms with van der Waals surface area (Å²) in [4.78, 5) is 0. The fourth-order valence-corrected chi connectivity index (χ4v) is 3.03. The minimum Gasteiger partial charge on any atom is -0.144 e. The highest BCUT2D eigenvalue weighted by atomic mass is 79.9. The predicted octanol–water partition coefficient (Wildman–Crippen LogP) is 4.96. The number of benzene rings is 1. The van der Waals surface area contributed by atoms with Gasteiger partial charge in [-0.3, -0.25) is 0 Å². The lowest BCUT2D eigenvalue weighted by Gasteiger charge is -2.19. The Labute approximate surface area is 97.1 Å². The van der Waals surface area contributed by atoms with Crippen LogP contribution < -0.4 is 0 Å². The van der Waals surface area contributed by atoms with E-state index >= 15 is 0 Å². The van der Waals surface area contributed by atoms with E-state index in [9.17, 15) is 0 Å². The molecule has 2 rings (SSSR count). The molecule has 0 spiro atoms. The van der Waals surface area contributed by atoms with Crippen LogP contribution in [0.2, 0.25) is 0 Å². The van der Waals surface area contributed by atoms with E-state index < -0.39 is 0 Å². The Morgan fingerprint density at radius 3 is 2.57 bits per heavy atom. The molecule has 0 amide bonds. The van der Waals surface area contributed by atoms with Gasteiger partial charge in [-0.1, -0.05) is 36.7 Å². The molecule has 0 radical (unpaired) electrons. The van der Waals surface area contributed by atoms with Gasteiger partial charge >= 0.3 is 0 Å². The van der Waals surface area contributed by atoms with Crippen molar-refractivity contribution < 1.29 is 0 Å². The molecule has 2 aromatic rings. The molecular formula is C12H13BrS. The summed E-state index contributed by atoms with van der Waals surface area (Å²) in [5.74, 6) is 0. The highest BCUT2D eigenvalue weighted by Crippen LogP contribution is 2.34. The van der Waals surface area contributed by atoms with E-state index in [-0.39, 0.29) is 5.41 Å². The molecule has 0 saturated heterocycles. The molecule has 0 atom stereocenters. The highest BCUT2D eigenvalue weighted by molar-refractivity contribution is 9.10. The van der Waals surface area contributed by atoms with Crippen molar-refractivity contribution >= 4 is 37.4 Å². The van der Waals surface area contributed by atoms with Gasteiger partial charge in [0.05, 0.1) is 0 Å². The van der Waals surface area contributed by atoms with Gasteiger partial charge in [-0.15, -0.1) is 11.3 Å². The molecule has 0 aliphatic heterocycles. The van der Waals surface area contributed by atoms with Crippen LogP contribution in [-0.4, -0.2) is 0 Å². The lowest BCUT2D eigenvalue weighted by atomic mass is 9.87. The fourth-order valence-electron chi connectivity index (χ4n) is 1.46. The Morgan fingerprint density at radius 2 is 1.93 bits per heavy atom. The SMILES string of the molecule is CC(C)(C)c1cc(Br)c2ccsc2c1. The molecule has 14 heavy (non-hydrogen) atoms. The van der Waals surface area contributed by atoms with Crippen LogP contribution in [0.5, 0.6) is 0 Å². The first-order chi connectivity index (χ1) is 6.48. The normalized spacial score (nSPS) is 12.3. The number of fused-ring (bicyclic) bond motifs is 1. The Morgan fingerprint density at radius 1 is 1.21 bits per heavy atom. The maximum atomic E-state index is 3.63. The molecule has 74 valence electrons. The second-order valence-electron chi connectivity index (χ2n) is 4.54. The molecule has 0 aliphatic rings. The van der Waals surface area contributed by atoms with Crippen molar-refractivity contribution in [2.24, 2.45) is 0 Å². The van der Waals surface area contributed by atoms with Gasteiger partial charge in [0.15, 0.2) is 0 Å². The van der Waals surface area contributed by atoms with Crippen molar-refractivity contribution in [2.75, 3.05) is 0 Å². The van der Waals surface area contributed by atoms with E-state index in [4.69, 9.17) is 0 Å². The summed E-state index contributed by atoms with van der Waals surface area (Å²) in [6.45, 7) is 6.73. The van der Waals surface area contributed by atoms with Gasteiger partial charge in [0.2, 0.25) is 0 Å². The van der Waals surface area contributed by atoms with E-state index in [1.54, 1.807) is 11.3 Å². The second-order valence-corrected chi connectivity index (χ2v) is 6.34. The average Bonchev–Trinajstić information content (AvgIpc) is 2.50. The number of halogens is 1. The van der Waals surface area contributed by atoms with Crippen LogP contribution in [0.3, 0.4) is 0 Å². The zero-order valence-corrected chi connectivity index (χ0v) is 11.0. The van der Waals surface area contributed by atoms with Gasteiger partial charge < -0.3 is 0 Å². The van der Waals surface area contributed by atoms with E-state index in [0.29, 0.717) is 0 Å². The molecule has 0 unspecified atom stereocenters. The van der Waals surface area contributed by atoms with Crippen LogP contribution in [0.1, 0.15) is 26.3 Å². The molecule has 0 nitrogen and oxygen atoms in total. The fraction of sp³-hybridized carbons (Fsp3) is 0.333. The zero-order valence-electron chi connectivity index (χ0n) is 8.60. The van der Waals surface area contributed by atoms with Crippen LogP contribution in [0.4, 0.5) is 0 Å². The Balaban J connectivity index is 2.70. The zero-order chi connectivity index (χ0) is 10.3. The average molecular weight is 269 g/mol. The Hall–Kier alpha value is -0.340. The van der Waals surface area contributed by atoms with Gasteiger partial charge in [-0.2, -0.15) is 0 Å². The van der Waals surface area contributed by atoms with Gasteiger partial charge in [-0.05, 0) is 34.6 Å². The van der Waals surface area contributed by atoms with Crippen LogP contribution in [-0.2, 0) is 5.41 Å². The van der Waals surface area contributed by atoms with Crippen LogP contribution in [0.25, 0.3) is 10.1 Å². The monoisotopic (exact) mass is 268 g/mol. The molecule has 0 bridgehead atoms. The van der Waals surface area contributed by atoms with Crippen LogP contribution >= 0.6 is 27.3 Å². The molecular weight excluding hydrogens is 256 g/mol. The van der Waals surface area contributed by atoms with Gasteiger partial charge in [0.25, 0.3) is 0 Å². The van der Waals surface area contributed by atoms with Gasteiger partial charge in [0.1, 0.15) is 0 Å². The topological polar surface area (TPSA) is 0 Å². The quantitative estimate of drug-likeness (QED) is 0.634. The third-order valence-corrected chi connectivity index (χ3v) is 3.91. The van der Waals surface area contributed by atoms with Crippen molar-refractivity contribution in [3.8, 4) is 0 Å². The third-order valence-electron chi connectivity index (χ3n) is 2.39. The summed E-state index contributed by atoms with van der Waals surface area (Å²) in [6, 6.07) is 6.69. The maximum absolute atomic E-state index is 3.63. The third kappa shape index (κ3) is 1.73. The number of rotatable bonds is 0. The first-order valence-corrected chi connectivity index (χ1v) is 6.33. The Bertz CT molecular complexity index is 463. The van der Waals surface area contributed by atoms with Gasteiger partial charge in [-0.25, -0.2) is 0 Å². The highest BCUT2D eigenvalue weighted by Gasteiger charge is 2.15. The molecule has 0 aliphatic carbocycles. The molecule has 0 N–H and O–H groups in total. The van der Waals surface area contributed by atoms with Crippen molar-refractivity contribution in [1.82, 2.24) is 0 Å². The van der Waals surface area contributed by atoms with E-state index in [1.165, 1.54) is 20.1 Å². The van der Waals surface area contributed by atoms with E-state index in [0.717, 1.165) is 0 Å². The van der Waals surface area contributed by atoms with Crippen molar-refractivity contribution in [1.29, 1.82) is 0 Å². The molecule has 2 heteroatoms. The molecule has 1 aromatic heterocycles. The number of hydrogen-bond donors (Lipinski definition) is 0. The summed E-state index contributed by atoms with van der Waals surface area (Å²) >= 11 is 5.43.